The molecule has 1 fully saturated rings. The SMILES string of the molecule is N#Cc1cc(OC2CN(c3nc4ccccc4o3)C2)ccn1. The Balaban J connectivity index is 1.42. The summed E-state index contributed by atoms with van der Waals surface area (Å²) in [5, 5.41) is 8.83. The Morgan fingerprint density at radius 2 is 2.14 bits per heavy atom. The molecule has 2 aromatic heterocycles. The van der Waals surface area contributed by atoms with Crippen molar-refractivity contribution >= 4 is 17.1 Å². The fourth-order valence-corrected chi connectivity index (χ4v) is 2.40. The van der Waals surface area contributed by atoms with Gasteiger partial charge in [-0.05, 0) is 18.2 Å². The van der Waals surface area contributed by atoms with Crippen LogP contribution in [-0.2, 0) is 0 Å². The van der Waals surface area contributed by atoms with Crippen LogP contribution in [0.3, 0.4) is 0 Å². The van der Waals surface area contributed by atoms with E-state index in [2.05, 4.69) is 9.97 Å². The Morgan fingerprint density at radius 1 is 1.27 bits per heavy atom. The smallest absolute Gasteiger partial charge is 0.298 e. The molecule has 22 heavy (non-hydrogen) atoms. The van der Waals surface area contributed by atoms with Crippen molar-refractivity contribution in [3.63, 3.8) is 0 Å². The van der Waals surface area contributed by atoms with Crippen molar-refractivity contribution in [1.82, 2.24) is 9.97 Å². The van der Waals surface area contributed by atoms with Gasteiger partial charge in [-0.25, -0.2) is 4.98 Å². The molecule has 0 N–H and O–H groups in total. The fourth-order valence-electron chi connectivity index (χ4n) is 2.40. The third-order valence-corrected chi connectivity index (χ3v) is 3.55. The minimum absolute atomic E-state index is 0.0592. The van der Waals surface area contributed by atoms with Crippen LogP contribution in [0.25, 0.3) is 11.1 Å². The van der Waals surface area contributed by atoms with Crippen molar-refractivity contribution < 1.29 is 9.15 Å². The van der Waals surface area contributed by atoms with Gasteiger partial charge in [-0.1, -0.05) is 12.1 Å². The highest BCUT2D eigenvalue weighted by Gasteiger charge is 2.32. The second kappa shape index (κ2) is 5.04. The third-order valence-electron chi connectivity index (χ3n) is 3.55. The van der Waals surface area contributed by atoms with E-state index in [1.54, 1.807) is 18.3 Å². The minimum Gasteiger partial charge on any atom is -0.487 e. The number of oxazole rings is 1. The zero-order valence-corrected chi connectivity index (χ0v) is 11.6. The Morgan fingerprint density at radius 3 is 2.95 bits per heavy atom. The molecule has 1 saturated heterocycles. The van der Waals surface area contributed by atoms with E-state index in [9.17, 15) is 0 Å². The molecule has 0 spiro atoms. The van der Waals surface area contributed by atoms with Gasteiger partial charge in [0.15, 0.2) is 5.58 Å². The number of aromatic nitrogens is 2. The Bertz CT molecular complexity index is 829. The molecule has 0 radical (unpaired) electrons. The normalized spacial score (nSPS) is 14.6. The zero-order chi connectivity index (χ0) is 14.9. The van der Waals surface area contributed by atoms with Gasteiger partial charge in [-0.3, -0.25) is 0 Å². The number of rotatable bonds is 3. The molecule has 6 heteroatoms. The summed E-state index contributed by atoms with van der Waals surface area (Å²) in [4.78, 5) is 10.4. The Hall–Kier alpha value is -3.07. The summed E-state index contributed by atoms with van der Waals surface area (Å²) in [6, 6.07) is 13.7. The maximum absolute atomic E-state index is 8.83. The van der Waals surface area contributed by atoms with Crippen LogP contribution in [0.4, 0.5) is 6.01 Å². The lowest BCUT2D eigenvalue weighted by atomic mass is 10.2. The lowest BCUT2D eigenvalue weighted by Gasteiger charge is -2.37. The molecule has 1 aromatic carbocycles. The summed E-state index contributed by atoms with van der Waals surface area (Å²) in [5.74, 6) is 0.661. The predicted octanol–water partition coefficient (Wildman–Crippen LogP) is 2.36. The average Bonchev–Trinajstić information content (AvgIpc) is 2.94. The number of nitriles is 1. The summed E-state index contributed by atoms with van der Waals surface area (Å²) < 4.78 is 11.5. The quantitative estimate of drug-likeness (QED) is 0.737. The molecule has 0 atom stereocenters. The molecule has 6 nitrogen and oxygen atoms in total. The molecule has 0 amide bonds. The monoisotopic (exact) mass is 292 g/mol. The Kier molecular flexibility index (Phi) is 2.90. The lowest BCUT2D eigenvalue weighted by Crippen LogP contribution is -2.54. The van der Waals surface area contributed by atoms with Gasteiger partial charge in [-0.15, -0.1) is 0 Å². The molecular weight excluding hydrogens is 280 g/mol. The van der Waals surface area contributed by atoms with E-state index in [-0.39, 0.29) is 6.10 Å². The van der Waals surface area contributed by atoms with Crippen LogP contribution >= 0.6 is 0 Å². The first-order valence-electron chi connectivity index (χ1n) is 6.95. The molecule has 3 heterocycles. The van der Waals surface area contributed by atoms with E-state index in [1.807, 2.05) is 35.2 Å². The molecule has 1 aliphatic heterocycles. The molecule has 1 aliphatic rings. The second-order valence-electron chi connectivity index (χ2n) is 5.10. The summed E-state index contributed by atoms with van der Waals surface area (Å²) in [5.41, 5.74) is 2.00. The lowest BCUT2D eigenvalue weighted by molar-refractivity contribution is 0.162. The molecule has 3 aromatic rings. The zero-order valence-electron chi connectivity index (χ0n) is 11.6. The highest BCUT2D eigenvalue weighted by Crippen LogP contribution is 2.27. The van der Waals surface area contributed by atoms with Crippen LogP contribution < -0.4 is 9.64 Å². The van der Waals surface area contributed by atoms with Crippen LogP contribution in [0.15, 0.2) is 47.0 Å². The first-order valence-corrected chi connectivity index (χ1v) is 6.95. The first kappa shape index (κ1) is 12.7. The van der Waals surface area contributed by atoms with Crippen LogP contribution in [-0.4, -0.2) is 29.2 Å². The molecule has 4 rings (SSSR count). The number of fused-ring (bicyclic) bond motifs is 1. The number of ether oxygens (including phenoxy) is 1. The van der Waals surface area contributed by atoms with Gasteiger partial charge in [0.25, 0.3) is 6.01 Å². The van der Waals surface area contributed by atoms with Gasteiger partial charge < -0.3 is 14.1 Å². The van der Waals surface area contributed by atoms with E-state index >= 15 is 0 Å². The van der Waals surface area contributed by atoms with Gasteiger partial charge in [0.2, 0.25) is 0 Å². The number of anilines is 1. The third kappa shape index (κ3) is 2.23. The fraction of sp³-hybridized carbons (Fsp3) is 0.188. The van der Waals surface area contributed by atoms with Gasteiger partial charge in [-0.2, -0.15) is 10.2 Å². The highest BCUT2D eigenvalue weighted by atomic mass is 16.5. The maximum atomic E-state index is 8.83. The topological polar surface area (TPSA) is 75.2 Å². The standard InChI is InChI=1S/C16H12N4O2/c17-8-11-7-12(5-6-18-11)21-13-9-20(10-13)16-19-14-3-1-2-4-15(14)22-16/h1-7,13H,9-10H2. The van der Waals surface area contributed by atoms with Crippen LogP contribution in [0.1, 0.15) is 5.69 Å². The van der Waals surface area contributed by atoms with Crippen molar-refractivity contribution in [2.75, 3.05) is 18.0 Å². The van der Waals surface area contributed by atoms with E-state index in [0.717, 1.165) is 11.1 Å². The van der Waals surface area contributed by atoms with Crippen molar-refractivity contribution in [2.24, 2.45) is 0 Å². The van der Waals surface area contributed by atoms with Crippen molar-refractivity contribution in [2.45, 2.75) is 6.10 Å². The Labute approximate surface area is 126 Å². The van der Waals surface area contributed by atoms with E-state index in [1.165, 1.54) is 0 Å². The largest absolute Gasteiger partial charge is 0.487 e. The van der Waals surface area contributed by atoms with Crippen LogP contribution in [0, 0.1) is 11.3 Å². The summed E-state index contributed by atoms with van der Waals surface area (Å²) in [6.45, 7) is 1.41. The second-order valence-corrected chi connectivity index (χ2v) is 5.10. The molecular formula is C16H12N4O2. The molecule has 0 unspecified atom stereocenters. The predicted molar refractivity (Wildman–Crippen MR) is 79.6 cm³/mol. The number of benzene rings is 1. The summed E-state index contributed by atoms with van der Waals surface area (Å²) in [7, 11) is 0. The first-order chi connectivity index (χ1) is 10.8. The van der Waals surface area contributed by atoms with Gasteiger partial charge >= 0.3 is 0 Å². The van der Waals surface area contributed by atoms with Crippen molar-refractivity contribution in [1.29, 1.82) is 5.26 Å². The average molecular weight is 292 g/mol. The summed E-state index contributed by atoms with van der Waals surface area (Å²) >= 11 is 0. The summed E-state index contributed by atoms with van der Waals surface area (Å²) in [6.07, 6.45) is 1.63. The van der Waals surface area contributed by atoms with Crippen molar-refractivity contribution in [3.05, 3.63) is 48.3 Å². The van der Waals surface area contributed by atoms with Crippen LogP contribution in [0.5, 0.6) is 5.75 Å². The van der Waals surface area contributed by atoms with Gasteiger partial charge in [0.1, 0.15) is 29.1 Å². The number of pyridine rings is 1. The molecule has 0 bridgehead atoms. The van der Waals surface area contributed by atoms with E-state index in [0.29, 0.717) is 30.5 Å². The van der Waals surface area contributed by atoms with Crippen molar-refractivity contribution in [3.8, 4) is 11.8 Å². The van der Waals surface area contributed by atoms with E-state index < -0.39 is 0 Å². The number of hydrogen-bond acceptors (Lipinski definition) is 6. The molecule has 0 aliphatic carbocycles. The van der Waals surface area contributed by atoms with Crippen LogP contribution in [0.2, 0.25) is 0 Å². The molecule has 0 saturated carbocycles. The number of hydrogen-bond donors (Lipinski definition) is 0. The molecule has 108 valence electrons. The number of para-hydroxylation sites is 2. The highest BCUT2D eigenvalue weighted by molar-refractivity contribution is 5.74. The van der Waals surface area contributed by atoms with Gasteiger partial charge in [0, 0.05) is 12.3 Å². The van der Waals surface area contributed by atoms with Gasteiger partial charge in [0.05, 0.1) is 13.1 Å². The minimum atomic E-state index is 0.0592. The maximum Gasteiger partial charge on any atom is 0.298 e. The van der Waals surface area contributed by atoms with E-state index in [4.69, 9.17) is 14.4 Å². The number of nitrogens with zero attached hydrogens (tertiary/aromatic N) is 4.